The van der Waals surface area contributed by atoms with Crippen molar-refractivity contribution in [2.45, 2.75) is 42.9 Å². The molecule has 1 aliphatic rings. The summed E-state index contributed by atoms with van der Waals surface area (Å²) >= 11 is 5.72. The van der Waals surface area contributed by atoms with Crippen molar-refractivity contribution in [3.05, 3.63) is 29.0 Å². The molecule has 1 saturated carbocycles. The predicted octanol–water partition coefficient (Wildman–Crippen LogP) is 3.10. The largest absolute Gasteiger partial charge is 0.326 e. The van der Waals surface area contributed by atoms with E-state index in [2.05, 4.69) is 13.8 Å². The Bertz CT molecular complexity index is 492. The number of rotatable bonds is 2. The zero-order valence-electron chi connectivity index (χ0n) is 10.5. The van der Waals surface area contributed by atoms with Gasteiger partial charge in [-0.25, -0.2) is 4.39 Å². The van der Waals surface area contributed by atoms with Crippen LogP contribution in [-0.2, 0) is 10.8 Å². The molecule has 100 valence electrons. The first-order chi connectivity index (χ1) is 8.33. The number of halogens is 2. The molecule has 0 radical (unpaired) electrons. The van der Waals surface area contributed by atoms with Crippen molar-refractivity contribution in [3.63, 3.8) is 0 Å². The molecule has 5 heteroatoms. The molecule has 2 nitrogen and oxygen atoms in total. The fourth-order valence-electron chi connectivity index (χ4n) is 2.38. The molecule has 1 aromatic carbocycles. The minimum atomic E-state index is -1.23. The second-order valence-electron chi connectivity index (χ2n) is 5.46. The van der Waals surface area contributed by atoms with E-state index in [-0.39, 0.29) is 21.7 Å². The first kappa shape index (κ1) is 14.0. The molecule has 0 saturated heterocycles. The number of hydrogen-bond donors (Lipinski definition) is 1. The Balaban J connectivity index is 2.25. The highest BCUT2D eigenvalue weighted by Crippen LogP contribution is 2.40. The molecule has 0 heterocycles. The van der Waals surface area contributed by atoms with Gasteiger partial charge in [0, 0.05) is 10.9 Å². The number of benzene rings is 1. The van der Waals surface area contributed by atoms with Crippen LogP contribution in [0.15, 0.2) is 23.1 Å². The number of hydrogen-bond acceptors (Lipinski definition) is 2. The summed E-state index contributed by atoms with van der Waals surface area (Å²) in [5.41, 5.74) is 6.17. The highest BCUT2D eigenvalue weighted by atomic mass is 35.5. The van der Waals surface area contributed by atoms with E-state index in [0.717, 1.165) is 12.8 Å². The lowest BCUT2D eigenvalue weighted by Gasteiger charge is -2.26. The van der Waals surface area contributed by atoms with Crippen LogP contribution in [0.2, 0.25) is 5.02 Å². The zero-order chi connectivity index (χ0) is 13.5. The highest BCUT2D eigenvalue weighted by Gasteiger charge is 2.42. The molecule has 0 aliphatic heterocycles. The van der Waals surface area contributed by atoms with Crippen LogP contribution in [0.3, 0.4) is 0 Å². The van der Waals surface area contributed by atoms with Gasteiger partial charge in [0.05, 0.1) is 21.1 Å². The first-order valence-corrected chi connectivity index (χ1v) is 7.53. The lowest BCUT2D eigenvalue weighted by Crippen LogP contribution is -2.41. The van der Waals surface area contributed by atoms with Crippen LogP contribution in [0.1, 0.15) is 26.7 Å². The highest BCUT2D eigenvalue weighted by molar-refractivity contribution is 7.85. The zero-order valence-corrected chi connectivity index (χ0v) is 12.0. The van der Waals surface area contributed by atoms with E-state index < -0.39 is 16.6 Å². The summed E-state index contributed by atoms with van der Waals surface area (Å²) in [6, 6.07) is 4.10. The van der Waals surface area contributed by atoms with Gasteiger partial charge in [0.1, 0.15) is 5.82 Å². The molecule has 0 aromatic heterocycles. The van der Waals surface area contributed by atoms with Crippen LogP contribution in [-0.4, -0.2) is 15.5 Å². The summed E-state index contributed by atoms with van der Waals surface area (Å²) in [5.74, 6) is -0.492. The van der Waals surface area contributed by atoms with Gasteiger partial charge in [-0.15, -0.1) is 0 Å². The molecule has 3 unspecified atom stereocenters. The summed E-state index contributed by atoms with van der Waals surface area (Å²) in [4.78, 5) is 0.555. The Hall–Kier alpha value is -0.450. The maximum Gasteiger partial charge on any atom is 0.141 e. The normalized spacial score (nSPS) is 28.3. The van der Waals surface area contributed by atoms with E-state index in [1.807, 2.05) is 0 Å². The van der Waals surface area contributed by atoms with Crippen molar-refractivity contribution in [1.29, 1.82) is 0 Å². The summed E-state index contributed by atoms with van der Waals surface area (Å²) in [6.45, 7) is 4.18. The molecule has 2 N–H and O–H groups in total. The molecule has 0 bridgehead atoms. The van der Waals surface area contributed by atoms with Crippen molar-refractivity contribution >= 4 is 22.4 Å². The Morgan fingerprint density at radius 1 is 1.50 bits per heavy atom. The van der Waals surface area contributed by atoms with Crippen molar-refractivity contribution in [3.8, 4) is 0 Å². The van der Waals surface area contributed by atoms with Crippen LogP contribution >= 0.6 is 11.6 Å². The number of nitrogens with two attached hydrogens (primary N) is 1. The molecule has 0 spiro atoms. The second kappa shape index (κ2) is 4.91. The van der Waals surface area contributed by atoms with E-state index in [4.69, 9.17) is 17.3 Å². The van der Waals surface area contributed by atoms with E-state index in [1.54, 1.807) is 0 Å². The Kier molecular flexibility index (Phi) is 3.81. The Labute approximate surface area is 114 Å². The summed E-state index contributed by atoms with van der Waals surface area (Å²) < 4.78 is 25.5. The Morgan fingerprint density at radius 3 is 2.67 bits per heavy atom. The summed E-state index contributed by atoms with van der Waals surface area (Å²) in [5, 5.41) is -0.0757. The molecule has 1 fully saturated rings. The molecular formula is C13H17ClFNOS. The van der Waals surface area contributed by atoms with Gasteiger partial charge in [0.2, 0.25) is 0 Å². The standard InChI is InChI=1S/C13H17ClFNOS/c1-13(2)6-5-11(12(13)16)18(17)8-3-4-10(15)9(14)7-8/h3-4,7,11-12H,5-6,16H2,1-2H3. The predicted molar refractivity (Wildman–Crippen MR) is 72.6 cm³/mol. The van der Waals surface area contributed by atoms with Gasteiger partial charge in [0.15, 0.2) is 0 Å². The quantitative estimate of drug-likeness (QED) is 0.909. The van der Waals surface area contributed by atoms with Crippen molar-refractivity contribution in [1.82, 2.24) is 0 Å². The third kappa shape index (κ3) is 2.46. The van der Waals surface area contributed by atoms with Crippen LogP contribution in [0.5, 0.6) is 0 Å². The van der Waals surface area contributed by atoms with Gasteiger partial charge < -0.3 is 5.73 Å². The third-order valence-corrected chi connectivity index (χ3v) is 5.86. The molecule has 0 amide bonds. The van der Waals surface area contributed by atoms with E-state index >= 15 is 0 Å². The fraction of sp³-hybridized carbons (Fsp3) is 0.538. The van der Waals surface area contributed by atoms with Crippen LogP contribution in [0, 0.1) is 11.2 Å². The molecule has 3 atom stereocenters. The van der Waals surface area contributed by atoms with Gasteiger partial charge in [-0.2, -0.15) is 0 Å². The van der Waals surface area contributed by atoms with Gasteiger partial charge in [-0.05, 0) is 36.5 Å². The van der Waals surface area contributed by atoms with E-state index in [9.17, 15) is 8.60 Å². The molecule has 18 heavy (non-hydrogen) atoms. The molecule has 1 aliphatic carbocycles. The van der Waals surface area contributed by atoms with Crippen LogP contribution < -0.4 is 5.73 Å². The third-order valence-electron chi connectivity index (χ3n) is 3.77. The van der Waals surface area contributed by atoms with Gasteiger partial charge in [-0.3, -0.25) is 4.21 Å². The SMILES string of the molecule is CC1(C)CCC(S(=O)c2ccc(F)c(Cl)c2)C1N. The maximum atomic E-state index is 13.1. The average Bonchev–Trinajstić information content (AvgIpc) is 2.57. The minimum Gasteiger partial charge on any atom is -0.326 e. The van der Waals surface area contributed by atoms with Crippen LogP contribution in [0.25, 0.3) is 0 Å². The van der Waals surface area contributed by atoms with Crippen molar-refractivity contribution in [2.24, 2.45) is 11.1 Å². The molecular weight excluding hydrogens is 273 g/mol. The molecule has 1 aromatic rings. The minimum absolute atomic E-state index is 0.00412. The Morgan fingerprint density at radius 2 is 2.17 bits per heavy atom. The molecule has 2 rings (SSSR count). The monoisotopic (exact) mass is 289 g/mol. The summed E-state index contributed by atoms with van der Waals surface area (Å²) in [6.07, 6.45) is 1.79. The van der Waals surface area contributed by atoms with E-state index in [0.29, 0.717) is 4.90 Å². The van der Waals surface area contributed by atoms with Gasteiger partial charge in [0.25, 0.3) is 0 Å². The second-order valence-corrected chi connectivity index (χ2v) is 7.54. The van der Waals surface area contributed by atoms with Crippen molar-refractivity contribution in [2.75, 3.05) is 0 Å². The fourth-order valence-corrected chi connectivity index (χ4v) is 4.38. The average molecular weight is 290 g/mol. The first-order valence-electron chi connectivity index (χ1n) is 5.94. The van der Waals surface area contributed by atoms with Gasteiger partial charge >= 0.3 is 0 Å². The maximum absolute atomic E-state index is 13.1. The van der Waals surface area contributed by atoms with Gasteiger partial charge in [-0.1, -0.05) is 25.4 Å². The van der Waals surface area contributed by atoms with Crippen molar-refractivity contribution < 1.29 is 8.60 Å². The lowest BCUT2D eigenvalue weighted by molar-refractivity contribution is 0.334. The lowest BCUT2D eigenvalue weighted by atomic mass is 9.88. The summed E-state index contributed by atoms with van der Waals surface area (Å²) in [7, 11) is -1.23. The van der Waals surface area contributed by atoms with Crippen LogP contribution in [0.4, 0.5) is 4.39 Å². The smallest absolute Gasteiger partial charge is 0.141 e. The topological polar surface area (TPSA) is 43.1 Å². The van der Waals surface area contributed by atoms with E-state index in [1.165, 1.54) is 18.2 Å².